The fourth-order valence-corrected chi connectivity index (χ4v) is 4.41. The first-order chi connectivity index (χ1) is 13.2. The van der Waals surface area contributed by atoms with E-state index in [1.165, 1.54) is 0 Å². The van der Waals surface area contributed by atoms with Gasteiger partial charge in [-0.25, -0.2) is 4.68 Å². The zero-order valence-electron chi connectivity index (χ0n) is 15.1. The molecule has 0 spiro atoms. The Morgan fingerprint density at radius 1 is 1.19 bits per heavy atom. The van der Waals surface area contributed by atoms with Gasteiger partial charge in [0.25, 0.3) is 11.5 Å². The number of carbonyl (C=O) groups excluding carboxylic acids is 1. The quantitative estimate of drug-likeness (QED) is 0.778. The number of aryl methyl sites for hydroxylation is 2. The maximum atomic E-state index is 13.1. The molecule has 1 amide bonds. The lowest BCUT2D eigenvalue weighted by Crippen LogP contribution is -2.40. The Kier molecular flexibility index (Phi) is 3.85. The second kappa shape index (κ2) is 6.37. The number of aromatic nitrogens is 3. The standard InChI is InChI=1S/C21H22N4O2/c26-20-12-15-3-1-5-18(15)23-25(20)13-17-4-2-10-24(17)21(27)16-7-6-14-8-9-22-19(14)11-16/h6-9,11-12,17,22H,1-5,10,13H2. The summed E-state index contributed by atoms with van der Waals surface area (Å²) in [5.41, 5.74) is 3.74. The van der Waals surface area contributed by atoms with Gasteiger partial charge in [-0.1, -0.05) is 6.07 Å². The summed E-state index contributed by atoms with van der Waals surface area (Å²) in [5, 5.41) is 5.67. The topological polar surface area (TPSA) is 71.0 Å². The van der Waals surface area contributed by atoms with Crippen LogP contribution in [0.4, 0.5) is 0 Å². The molecule has 1 aliphatic carbocycles. The molecule has 6 heteroatoms. The van der Waals surface area contributed by atoms with Crippen LogP contribution < -0.4 is 5.56 Å². The predicted octanol–water partition coefficient (Wildman–Crippen LogP) is 2.52. The van der Waals surface area contributed by atoms with Crippen LogP contribution in [0.25, 0.3) is 10.9 Å². The monoisotopic (exact) mass is 362 g/mol. The number of likely N-dealkylation sites (tertiary alicyclic amines) is 1. The zero-order chi connectivity index (χ0) is 18.4. The summed E-state index contributed by atoms with van der Waals surface area (Å²) in [6.45, 7) is 1.20. The van der Waals surface area contributed by atoms with Crippen molar-refractivity contribution < 1.29 is 4.79 Å². The molecule has 5 rings (SSSR count). The number of aromatic amines is 1. The molecule has 6 nitrogen and oxygen atoms in total. The average molecular weight is 362 g/mol. The van der Waals surface area contributed by atoms with Gasteiger partial charge in [-0.15, -0.1) is 0 Å². The van der Waals surface area contributed by atoms with Crippen LogP contribution in [0.1, 0.15) is 40.9 Å². The van der Waals surface area contributed by atoms with Crippen molar-refractivity contribution in [3.63, 3.8) is 0 Å². The third-order valence-corrected chi connectivity index (χ3v) is 5.85. The van der Waals surface area contributed by atoms with Gasteiger partial charge in [-0.05, 0) is 61.3 Å². The minimum atomic E-state index is -0.0530. The molecule has 0 saturated carbocycles. The molecule has 1 saturated heterocycles. The first-order valence-corrected chi connectivity index (χ1v) is 9.67. The second-order valence-corrected chi connectivity index (χ2v) is 7.56. The van der Waals surface area contributed by atoms with Gasteiger partial charge in [0.05, 0.1) is 18.3 Å². The minimum absolute atomic E-state index is 0.0153. The Labute approximate surface area is 156 Å². The lowest BCUT2D eigenvalue weighted by Gasteiger charge is -2.25. The number of nitrogens with zero attached hydrogens (tertiary/aromatic N) is 3. The van der Waals surface area contributed by atoms with Crippen LogP contribution in [0.5, 0.6) is 0 Å². The number of benzene rings is 1. The Bertz CT molecular complexity index is 1080. The van der Waals surface area contributed by atoms with Gasteiger partial charge in [0, 0.05) is 29.9 Å². The van der Waals surface area contributed by atoms with Crippen LogP contribution >= 0.6 is 0 Å². The Balaban J connectivity index is 1.40. The van der Waals surface area contributed by atoms with Crippen molar-refractivity contribution in [2.24, 2.45) is 0 Å². The second-order valence-electron chi connectivity index (χ2n) is 7.56. The van der Waals surface area contributed by atoms with Crippen LogP contribution in [-0.4, -0.2) is 38.2 Å². The number of fused-ring (bicyclic) bond motifs is 2. The van der Waals surface area contributed by atoms with Gasteiger partial charge in [0.15, 0.2) is 0 Å². The molecule has 3 heterocycles. The summed E-state index contributed by atoms with van der Waals surface area (Å²) < 4.78 is 1.56. The van der Waals surface area contributed by atoms with Crippen molar-refractivity contribution in [2.45, 2.75) is 44.7 Å². The molecule has 138 valence electrons. The number of rotatable bonds is 3. The van der Waals surface area contributed by atoms with Crippen molar-refractivity contribution >= 4 is 16.8 Å². The Morgan fingerprint density at radius 2 is 2.11 bits per heavy atom. The lowest BCUT2D eigenvalue weighted by molar-refractivity contribution is 0.0720. The highest BCUT2D eigenvalue weighted by Crippen LogP contribution is 2.23. The fourth-order valence-electron chi connectivity index (χ4n) is 4.41. The smallest absolute Gasteiger partial charge is 0.267 e. The number of hydrogen-bond donors (Lipinski definition) is 1. The number of carbonyl (C=O) groups is 1. The van der Waals surface area contributed by atoms with Crippen molar-refractivity contribution in [1.82, 2.24) is 19.7 Å². The summed E-state index contributed by atoms with van der Waals surface area (Å²) >= 11 is 0. The van der Waals surface area contributed by atoms with Crippen LogP contribution in [0, 0.1) is 0 Å². The van der Waals surface area contributed by atoms with Gasteiger partial charge >= 0.3 is 0 Å². The fraction of sp³-hybridized carbons (Fsp3) is 0.381. The van der Waals surface area contributed by atoms with E-state index >= 15 is 0 Å². The molecule has 0 bridgehead atoms. The van der Waals surface area contributed by atoms with E-state index in [-0.39, 0.29) is 17.5 Å². The van der Waals surface area contributed by atoms with Gasteiger partial charge in [0.2, 0.25) is 0 Å². The van der Waals surface area contributed by atoms with Gasteiger partial charge in [-0.3, -0.25) is 9.59 Å². The molecule has 27 heavy (non-hydrogen) atoms. The van der Waals surface area contributed by atoms with Crippen molar-refractivity contribution in [2.75, 3.05) is 6.54 Å². The van der Waals surface area contributed by atoms with Crippen LogP contribution in [0.15, 0.2) is 41.3 Å². The zero-order valence-corrected chi connectivity index (χ0v) is 15.1. The van der Waals surface area contributed by atoms with E-state index in [0.717, 1.165) is 60.8 Å². The van der Waals surface area contributed by atoms with E-state index in [2.05, 4.69) is 10.1 Å². The van der Waals surface area contributed by atoms with Crippen molar-refractivity contribution in [3.05, 3.63) is 63.7 Å². The summed E-state index contributed by atoms with van der Waals surface area (Å²) in [4.78, 5) is 30.6. The van der Waals surface area contributed by atoms with E-state index in [4.69, 9.17) is 0 Å². The molecule has 3 aromatic rings. The van der Waals surface area contributed by atoms with Gasteiger partial charge in [-0.2, -0.15) is 5.10 Å². The number of hydrogen-bond acceptors (Lipinski definition) is 3. The minimum Gasteiger partial charge on any atom is -0.361 e. The van der Waals surface area contributed by atoms with Crippen LogP contribution in [0.3, 0.4) is 0 Å². The Hall–Kier alpha value is -2.89. The average Bonchev–Trinajstić information content (AvgIpc) is 3.41. The van der Waals surface area contributed by atoms with Crippen LogP contribution in [-0.2, 0) is 19.4 Å². The van der Waals surface area contributed by atoms with E-state index in [1.807, 2.05) is 35.4 Å². The van der Waals surface area contributed by atoms with Crippen LogP contribution in [0.2, 0.25) is 0 Å². The molecule has 1 unspecified atom stereocenters. The van der Waals surface area contributed by atoms with Gasteiger partial charge < -0.3 is 9.88 Å². The van der Waals surface area contributed by atoms with E-state index in [9.17, 15) is 9.59 Å². The molecule has 2 aliphatic rings. The summed E-state index contributed by atoms with van der Waals surface area (Å²) in [5.74, 6) is 0.0307. The summed E-state index contributed by atoms with van der Waals surface area (Å²) in [6.07, 6.45) is 6.71. The van der Waals surface area contributed by atoms with E-state index in [1.54, 1.807) is 10.7 Å². The summed E-state index contributed by atoms with van der Waals surface area (Å²) in [6, 6.07) is 9.50. The third kappa shape index (κ3) is 2.85. The SMILES string of the molecule is O=C(c1ccc2cc[nH]c2c1)N1CCCC1Cn1nc2c(cc1=O)CCC2. The largest absolute Gasteiger partial charge is 0.361 e. The van der Waals surface area contributed by atoms with E-state index in [0.29, 0.717) is 12.1 Å². The highest BCUT2D eigenvalue weighted by molar-refractivity contribution is 5.98. The predicted molar refractivity (Wildman–Crippen MR) is 103 cm³/mol. The highest BCUT2D eigenvalue weighted by atomic mass is 16.2. The normalized spacial score (nSPS) is 19.0. The number of nitrogens with one attached hydrogen (secondary N) is 1. The Morgan fingerprint density at radius 3 is 3.04 bits per heavy atom. The molecule has 1 aliphatic heterocycles. The molecule has 2 aromatic heterocycles. The molecule has 1 atom stereocenters. The highest BCUT2D eigenvalue weighted by Gasteiger charge is 2.30. The molecular weight excluding hydrogens is 340 g/mol. The molecule has 1 aromatic carbocycles. The maximum Gasteiger partial charge on any atom is 0.267 e. The first-order valence-electron chi connectivity index (χ1n) is 9.67. The van der Waals surface area contributed by atoms with Gasteiger partial charge in [0.1, 0.15) is 0 Å². The molecule has 1 fully saturated rings. The third-order valence-electron chi connectivity index (χ3n) is 5.85. The van der Waals surface area contributed by atoms with Crippen molar-refractivity contribution in [1.29, 1.82) is 0 Å². The lowest BCUT2D eigenvalue weighted by atomic mass is 10.1. The number of H-pyrrole nitrogens is 1. The number of amides is 1. The summed E-state index contributed by atoms with van der Waals surface area (Å²) in [7, 11) is 0. The van der Waals surface area contributed by atoms with Crippen molar-refractivity contribution in [3.8, 4) is 0 Å². The van der Waals surface area contributed by atoms with E-state index < -0.39 is 0 Å². The first kappa shape index (κ1) is 16.3. The molecule has 1 N–H and O–H groups in total. The molecule has 0 radical (unpaired) electrons. The molecular formula is C21H22N4O2. The maximum absolute atomic E-state index is 13.1.